The normalized spacial score (nSPS) is 29.8. The fourth-order valence-electron chi connectivity index (χ4n) is 3.14. The fourth-order valence-corrected chi connectivity index (χ4v) is 3.14. The number of benzene rings is 1. The molecule has 1 heterocycles. The van der Waals surface area contributed by atoms with Crippen LogP contribution < -0.4 is 5.32 Å². The first-order valence-corrected chi connectivity index (χ1v) is 7.29. The largest absolute Gasteiger partial charge is 0.341 e. The van der Waals surface area contributed by atoms with Gasteiger partial charge in [-0.05, 0) is 37.3 Å². The number of piperidine rings is 1. The van der Waals surface area contributed by atoms with Gasteiger partial charge in [-0.25, -0.2) is 0 Å². The van der Waals surface area contributed by atoms with Crippen LogP contribution in [0.1, 0.15) is 30.7 Å². The maximum atomic E-state index is 12.5. The lowest BCUT2D eigenvalue weighted by Crippen LogP contribution is -2.47. The second-order valence-corrected chi connectivity index (χ2v) is 5.81. The van der Waals surface area contributed by atoms with Crippen molar-refractivity contribution in [3.63, 3.8) is 0 Å². The average Bonchev–Trinajstić information content (AvgIpc) is 3.28. The van der Waals surface area contributed by atoms with Gasteiger partial charge in [0.25, 0.3) is 0 Å². The Bertz CT molecular complexity index is 439. The molecule has 1 aliphatic carbocycles. The van der Waals surface area contributed by atoms with Gasteiger partial charge in [0, 0.05) is 25.6 Å². The van der Waals surface area contributed by atoms with E-state index in [1.54, 1.807) is 0 Å². The third-order valence-electron chi connectivity index (χ3n) is 4.50. The molecule has 2 aliphatic rings. The summed E-state index contributed by atoms with van der Waals surface area (Å²) < 4.78 is 0. The van der Waals surface area contributed by atoms with Gasteiger partial charge >= 0.3 is 0 Å². The zero-order chi connectivity index (χ0) is 13.2. The van der Waals surface area contributed by atoms with Crippen molar-refractivity contribution in [1.82, 2.24) is 10.2 Å². The van der Waals surface area contributed by atoms with Crippen LogP contribution in [-0.4, -0.2) is 37.0 Å². The second-order valence-electron chi connectivity index (χ2n) is 5.81. The van der Waals surface area contributed by atoms with Gasteiger partial charge in [0.15, 0.2) is 0 Å². The molecule has 3 nitrogen and oxygen atoms in total. The maximum Gasteiger partial charge on any atom is 0.226 e. The van der Waals surface area contributed by atoms with Crippen molar-refractivity contribution in [2.75, 3.05) is 20.1 Å². The van der Waals surface area contributed by atoms with E-state index in [0.717, 1.165) is 25.9 Å². The highest BCUT2D eigenvalue weighted by atomic mass is 16.2. The zero-order valence-electron chi connectivity index (χ0n) is 11.5. The van der Waals surface area contributed by atoms with Crippen molar-refractivity contribution in [2.45, 2.75) is 31.2 Å². The molecule has 3 heteroatoms. The Morgan fingerprint density at radius 2 is 2.11 bits per heavy atom. The minimum atomic E-state index is 0.217. The molecule has 1 saturated heterocycles. The quantitative estimate of drug-likeness (QED) is 0.899. The molecule has 0 radical (unpaired) electrons. The van der Waals surface area contributed by atoms with Gasteiger partial charge in [-0.15, -0.1) is 0 Å². The van der Waals surface area contributed by atoms with E-state index in [9.17, 15) is 4.79 Å². The first kappa shape index (κ1) is 12.7. The third kappa shape index (κ3) is 2.66. The van der Waals surface area contributed by atoms with E-state index in [-0.39, 0.29) is 5.92 Å². The highest BCUT2D eigenvalue weighted by Crippen LogP contribution is 2.48. The van der Waals surface area contributed by atoms with E-state index in [0.29, 0.717) is 17.9 Å². The summed E-state index contributed by atoms with van der Waals surface area (Å²) in [6.07, 6.45) is 3.33. The van der Waals surface area contributed by atoms with Crippen LogP contribution in [0, 0.1) is 5.92 Å². The van der Waals surface area contributed by atoms with Crippen LogP contribution in [0.3, 0.4) is 0 Å². The van der Waals surface area contributed by atoms with Gasteiger partial charge < -0.3 is 10.2 Å². The monoisotopic (exact) mass is 258 g/mol. The van der Waals surface area contributed by atoms with E-state index in [2.05, 4.69) is 29.6 Å². The number of likely N-dealkylation sites (N-methyl/N-ethyl adjacent to an activating group) is 1. The summed E-state index contributed by atoms with van der Waals surface area (Å²) >= 11 is 0. The summed E-state index contributed by atoms with van der Waals surface area (Å²) in [5.74, 6) is 1.00. The SMILES string of the molecule is CN(C(=O)[C@@H]1C[C@@H]1c1ccccc1)[C@H]1CCCNC1. The van der Waals surface area contributed by atoms with Crippen LogP contribution in [0.4, 0.5) is 0 Å². The van der Waals surface area contributed by atoms with E-state index in [1.165, 1.54) is 12.0 Å². The number of carbonyl (C=O) groups is 1. The minimum Gasteiger partial charge on any atom is -0.341 e. The van der Waals surface area contributed by atoms with Gasteiger partial charge in [-0.3, -0.25) is 4.79 Å². The lowest BCUT2D eigenvalue weighted by molar-refractivity contribution is -0.133. The number of nitrogens with zero attached hydrogens (tertiary/aromatic N) is 1. The number of rotatable bonds is 3. The van der Waals surface area contributed by atoms with Gasteiger partial charge in [0.2, 0.25) is 5.91 Å². The molecule has 0 unspecified atom stereocenters. The molecule has 0 aromatic heterocycles. The van der Waals surface area contributed by atoms with Crippen molar-refractivity contribution in [1.29, 1.82) is 0 Å². The summed E-state index contributed by atoms with van der Waals surface area (Å²) in [5.41, 5.74) is 1.32. The lowest BCUT2D eigenvalue weighted by atomic mass is 10.0. The average molecular weight is 258 g/mol. The predicted octanol–water partition coefficient (Wildman–Crippen LogP) is 2.00. The van der Waals surface area contributed by atoms with E-state index >= 15 is 0 Å². The van der Waals surface area contributed by atoms with Crippen LogP contribution >= 0.6 is 0 Å². The van der Waals surface area contributed by atoms with Crippen LogP contribution in [0.2, 0.25) is 0 Å². The van der Waals surface area contributed by atoms with Gasteiger partial charge in [0.1, 0.15) is 0 Å². The Hall–Kier alpha value is -1.35. The molecule has 3 rings (SSSR count). The van der Waals surface area contributed by atoms with E-state index < -0.39 is 0 Å². The first-order chi connectivity index (χ1) is 9.27. The summed E-state index contributed by atoms with van der Waals surface area (Å²) in [6.45, 7) is 2.04. The number of carbonyl (C=O) groups excluding carboxylic acids is 1. The second kappa shape index (κ2) is 5.33. The Morgan fingerprint density at radius 1 is 1.32 bits per heavy atom. The number of nitrogens with one attached hydrogen (secondary N) is 1. The van der Waals surface area contributed by atoms with Crippen molar-refractivity contribution in [2.24, 2.45) is 5.92 Å². The molecule has 1 aromatic rings. The van der Waals surface area contributed by atoms with Crippen LogP contribution in [0.25, 0.3) is 0 Å². The number of amides is 1. The summed E-state index contributed by atoms with van der Waals surface area (Å²) in [6, 6.07) is 10.8. The molecule has 1 aromatic carbocycles. The van der Waals surface area contributed by atoms with Crippen molar-refractivity contribution in [3.05, 3.63) is 35.9 Å². The molecule has 0 bridgehead atoms. The van der Waals surface area contributed by atoms with Crippen LogP contribution in [0.5, 0.6) is 0 Å². The Balaban J connectivity index is 1.60. The Labute approximate surface area is 115 Å². The molecule has 19 heavy (non-hydrogen) atoms. The van der Waals surface area contributed by atoms with Crippen molar-refractivity contribution in [3.8, 4) is 0 Å². The van der Waals surface area contributed by atoms with Crippen LogP contribution in [-0.2, 0) is 4.79 Å². The lowest BCUT2D eigenvalue weighted by Gasteiger charge is -2.32. The highest BCUT2D eigenvalue weighted by Gasteiger charge is 2.45. The fraction of sp³-hybridized carbons (Fsp3) is 0.562. The molecule has 102 valence electrons. The topological polar surface area (TPSA) is 32.3 Å². The van der Waals surface area contributed by atoms with Crippen LogP contribution in [0.15, 0.2) is 30.3 Å². The molecule has 2 fully saturated rings. The maximum absolute atomic E-state index is 12.5. The van der Waals surface area contributed by atoms with E-state index in [1.807, 2.05) is 18.0 Å². The molecular formula is C16H22N2O. The third-order valence-corrected chi connectivity index (χ3v) is 4.50. The predicted molar refractivity (Wildman–Crippen MR) is 76.0 cm³/mol. The smallest absolute Gasteiger partial charge is 0.226 e. The van der Waals surface area contributed by atoms with Gasteiger partial charge in [-0.2, -0.15) is 0 Å². The minimum absolute atomic E-state index is 0.217. The number of hydrogen-bond donors (Lipinski definition) is 1. The molecule has 1 N–H and O–H groups in total. The highest BCUT2D eigenvalue weighted by molar-refractivity contribution is 5.83. The Morgan fingerprint density at radius 3 is 2.79 bits per heavy atom. The summed E-state index contributed by atoms with van der Waals surface area (Å²) in [5, 5.41) is 3.38. The molecule has 1 amide bonds. The zero-order valence-corrected chi connectivity index (χ0v) is 11.5. The van der Waals surface area contributed by atoms with E-state index in [4.69, 9.17) is 0 Å². The summed E-state index contributed by atoms with van der Waals surface area (Å²) in [4.78, 5) is 14.5. The molecular weight excluding hydrogens is 236 g/mol. The Kier molecular flexibility index (Phi) is 3.56. The van der Waals surface area contributed by atoms with Gasteiger partial charge in [-0.1, -0.05) is 30.3 Å². The number of hydrogen-bond acceptors (Lipinski definition) is 2. The molecule has 3 atom stereocenters. The standard InChI is InChI=1S/C16H22N2O/c1-18(13-8-5-9-17-11-13)16(19)15-10-14(15)12-6-3-2-4-7-12/h2-4,6-7,13-15,17H,5,8-11H2,1H3/t13-,14+,15+/m0/s1. The summed E-state index contributed by atoms with van der Waals surface area (Å²) in [7, 11) is 1.97. The molecule has 1 aliphatic heterocycles. The first-order valence-electron chi connectivity index (χ1n) is 7.29. The van der Waals surface area contributed by atoms with Crippen molar-refractivity contribution < 1.29 is 4.79 Å². The van der Waals surface area contributed by atoms with Gasteiger partial charge in [0.05, 0.1) is 0 Å². The molecule has 1 saturated carbocycles. The molecule has 0 spiro atoms. The van der Waals surface area contributed by atoms with Crippen molar-refractivity contribution >= 4 is 5.91 Å².